The molecule has 2 atom stereocenters. The van der Waals surface area contributed by atoms with Crippen LogP contribution in [0.5, 0.6) is 0 Å². The minimum atomic E-state index is 0.770. The van der Waals surface area contributed by atoms with Crippen molar-refractivity contribution in [2.24, 2.45) is 5.92 Å². The van der Waals surface area contributed by atoms with Crippen LogP contribution >= 0.6 is 0 Å². The lowest BCUT2D eigenvalue weighted by molar-refractivity contribution is 0.343. The second-order valence-corrected chi connectivity index (χ2v) is 2.99. The van der Waals surface area contributed by atoms with Crippen molar-refractivity contribution < 1.29 is 0 Å². The van der Waals surface area contributed by atoms with E-state index in [2.05, 4.69) is 19.2 Å². The van der Waals surface area contributed by atoms with E-state index >= 15 is 0 Å². The highest BCUT2D eigenvalue weighted by atomic mass is 14.9. The first-order valence-electron chi connectivity index (χ1n) is 5.52. The van der Waals surface area contributed by atoms with E-state index in [4.69, 9.17) is 0 Å². The Labute approximate surface area is 78.9 Å². The Balaban J connectivity index is 0. The molecule has 0 saturated carbocycles. The van der Waals surface area contributed by atoms with Gasteiger partial charge in [0.25, 0.3) is 0 Å². The van der Waals surface area contributed by atoms with Gasteiger partial charge < -0.3 is 5.32 Å². The van der Waals surface area contributed by atoms with Crippen molar-refractivity contribution in [3.8, 4) is 0 Å². The molecule has 1 saturated heterocycles. The van der Waals surface area contributed by atoms with Gasteiger partial charge in [0.05, 0.1) is 0 Å². The van der Waals surface area contributed by atoms with E-state index in [1.165, 1.54) is 19.4 Å². The molecule has 1 N–H and O–H groups in total. The Hall–Kier alpha value is -0.0400. The largest absolute Gasteiger partial charge is 0.314 e. The zero-order valence-electron chi connectivity index (χ0n) is 9.78. The molecule has 1 aliphatic heterocycles. The van der Waals surface area contributed by atoms with E-state index in [1.807, 2.05) is 27.7 Å². The molecule has 1 nitrogen and oxygen atoms in total. The summed E-state index contributed by atoms with van der Waals surface area (Å²) in [4.78, 5) is 0. The predicted molar refractivity (Wildman–Crippen MR) is 58.6 cm³/mol. The van der Waals surface area contributed by atoms with Gasteiger partial charge in [0, 0.05) is 6.04 Å². The lowest BCUT2D eigenvalue weighted by atomic mass is 9.98. The Kier molecular flexibility index (Phi) is 13.2. The van der Waals surface area contributed by atoms with Gasteiger partial charge in [-0.3, -0.25) is 0 Å². The summed E-state index contributed by atoms with van der Waals surface area (Å²) in [6.45, 7) is 13.8. The molecule has 0 radical (unpaired) electrons. The Bertz CT molecular complexity index is 53.4. The molecular weight excluding hydrogens is 146 g/mol. The monoisotopic (exact) mass is 173 g/mol. The Morgan fingerprint density at radius 3 is 1.67 bits per heavy atom. The number of nitrogens with one attached hydrogen (secondary N) is 1. The average molecular weight is 173 g/mol. The smallest absolute Gasteiger partial charge is 0.00389 e. The molecule has 12 heavy (non-hydrogen) atoms. The van der Waals surface area contributed by atoms with E-state index < -0.39 is 0 Å². The fourth-order valence-corrected chi connectivity index (χ4v) is 1.14. The fraction of sp³-hybridized carbons (Fsp3) is 1.00. The zero-order valence-corrected chi connectivity index (χ0v) is 9.78. The molecule has 0 bridgehead atoms. The summed E-state index contributed by atoms with van der Waals surface area (Å²) in [7, 11) is 0. The molecule has 1 aliphatic rings. The molecule has 0 aromatic heterocycles. The molecule has 0 aromatic carbocycles. The van der Waals surface area contributed by atoms with Gasteiger partial charge in [-0.25, -0.2) is 0 Å². The van der Waals surface area contributed by atoms with Crippen LogP contribution in [0.2, 0.25) is 0 Å². The van der Waals surface area contributed by atoms with Gasteiger partial charge in [-0.05, 0) is 32.2 Å². The van der Waals surface area contributed by atoms with Crippen molar-refractivity contribution in [1.29, 1.82) is 0 Å². The Morgan fingerprint density at radius 1 is 0.917 bits per heavy atom. The minimum Gasteiger partial charge on any atom is -0.314 e. The fourth-order valence-electron chi connectivity index (χ4n) is 1.14. The number of hydrogen-bond acceptors (Lipinski definition) is 1. The van der Waals surface area contributed by atoms with Crippen LogP contribution in [0.1, 0.15) is 54.4 Å². The highest BCUT2D eigenvalue weighted by molar-refractivity contribution is 4.71. The van der Waals surface area contributed by atoms with E-state index in [-0.39, 0.29) is 0 Å². The second kappa shape index (κ2) is 11.0. The van der Waals surface area contributed by atoms with Crippen LogP contribution in [0.4, 0.5) is 0 Å². The third kappa shape index (κ3) is 8.06. The summed E-state index contributed by atoms with van der Waals surface area (Å²) < 4.78 is 0. The molecular formula is C11H27N. The van der Waals surface area contributed by atoms with Gasteiger partial charge in [0.15, 0.2) is 0 Å². The van der Waals surface area contributed by atoms with Crippen molar-refractivity contribution >= 4 is 0 Å². The highest BCUT2D eigenvalue weighted by Crippen LogP contribution is 2.11. The summed E-state index contributed by atoms with van der Waals surface area (Å²) in [5.41, 5.74) is 0. The third-order valence-corrected chi connectivity index (χ3v) is 1.91. The lowest BCUT2D eigenvalue weighted by Gasteiger charge is -2.24. The minimum absolute atomic E-state index is 0.770. The number of rotatable bonds is 0. The highest BCUT2D eigenvalue weighted by Gasteiger charge is 2.11. The van der Waals surface area contributed by atoms with E-state index in [1.54, 1.807) is 0 Å². The average Bonchev–Trinajstić information content (AvgIpc) is 2.17. The summed E-state index contributed by atoms with van der Waals surface area (Å²) in [6.07, 6.45) is 2.77. The predicted octanol–water partition coefficient (Wildman–Crippen LogP) is 3.45. The molecule has 1 fully saturated rings. The molecule has 0 spiro atoms. The van der Waals surface area contributed by atoms with E-state index in [0.717, 1.165) is 12.0 Å². The normalized spacial score (nSPS) is 27.5. The zero-order chi connectivity index (χ0) is 9.98. The van der Waals surface area contributed by atoms with E-state index in [0.29, 0.717) is 0 Å². The van der Waals surface area contributed by atoms with Crippen molar-refractivity contribution in [1.82, 2.24) is 5.32 Å². The van der Waals surface area contributed by atoms with Crippen molar-refractivity contribution in [2.75, 3.05) is 6.54 Å². The number of piperidine rings is 1. The summed E-state index contributed by atoms with van der Waals surface area (Å²) in [5.74, 6) is 0.909. The van der Waals surface area contributed by atoms with Crippen LogP contribution in [0.15, 0.2) is 0 Å². The standard InChI is InChI=1S/C7H15N.2C2H6/c1-6-3-4-7(2)8-5-6;2*1-2/h6-8H,3-5H2,1-2H3;2*1-2H3. The van der Waals surface area contributed by atoms with Crippen molar-refractivity contribution in [3.63, 3.8) is 0 Å². The maximum Gasteiger partial charge on any atom is 0.00389 e. The maximum absolute atomic E-state index is 3.43. The SMILES string of the molecule is CC.CC.CC1CCC(C)NC1. The first-order chi connectivity index (χ1) is 5.79. The molecule has 1 heterocycles. The van der Waals surface area contributed by atoms with Gasteiger partial charge in [0.1, 0.15) is 0 Å². The molecule has 76 valence electrons. The van der Waals surface area contributed by atoms with Crippen LogP contribution in [0.3, 0.4) is 0 Å². The summed E-state index contributed by atoms with van der Waals surface area (Å²) in [5, 5.41) is 3.43. The molecule has 0 aromatic rings. The number of hydrogen-bond donors (Lipinski definition) is 1. The summed E-state index contributed by atoms with van der Waals surface area (Å²) >= 11 is 0. The quantitative estimate of drug-likeness (QED) is 0.591. The van der Waals surface area contributed by atoms with Gasteiger partial charge in [-0.15, -0.1) is 0 Å². The molecule has 0 amide bonds. The maximum atomic E-state index is 3.43. The molecule has 1 rings (SSSR count). The van der Waals surface area contributed by atoms with Crippen LogP contribution in [0.25, 0.3) is 0 Å². The molecule has 2 unspecified atom stereocenters. The topological polar surface area (TPSA) is 12.0 Å². The van der Waals surface area contributed by atoms with Gasteiger partial charge in [-0.2, -0.15) is 0 Å². The second-order valence-electron chi connectivity index (χ2n) is 2.99. The molecule has 1 heteroatoms. The van der Waals surface area contributed by atoms with Crippen LogP contribution in [0, 0.1) is 5.92 Å². The molecule has 0 aliphatic carbocycles. The van der Waals surface area contributed by atoms with Gasteiger partial charge in [0.2, 0.25) is 0 Å². The first-order valence-corrected chi connectivity index (χ1v) is 5.52. The summed E-state index contributed by atoms with van der Waals surface area (Å²) in [6, 6.07) is 0.770. The third-order valence-electron chi connectivity index (χ3n) is 1.91. The lowest BCUT2D eigenvalue weighted by Crippen LogP contribution is -2.35. The van der Waals surface area contributed by atoms with Gasteiger partial charge >= 0.3 is 0 Å². The van der Waals surface area contributed by atoms with Crippen LogP contribution in [-0.4, -0.2) is 12.6 Å². The van der Waals surface area contributed by atoms with E-state index in [9.17, 15) is 0 Å². The van der Waals surface area contributed by atoms with Crippen LogP contribution < -0.4 is 5.32 Å². The van der Waals surface area contributed by atoms with Crippen molar-refractivity contribution in [2.45, 2.75) is 60.4 Å². The van der Waals surface area contributed by atoms with Crippen LogP contribution in [-0.2, 0) is 0 Å². The first kappa shape index (κ1) is 14.5. The van der Waals surface area contributed by atoms with Gasteiger partial charge in [-0.1, -0.05) is 34.6 Å². The van der Waals surface area contributed by atoms with Crippen molar-refractivity contribution in [3.05, 3.63) is 0 Å². The Morgan fingerprint density at radius 2 is 1.42 bits per heavy atom.